The van der Waals surface area contributed by atoms with Crippen molar-refractivity contribution in [1.82, 2.24) is 14.4 Å². The van der Waals surface area contributed by atoms with E-state index < -0.39 is 10.0 Å². The van der Waals surface area contributed by atoms with Crippen LogP contribution >= 0.6 is 0 Å². The molecule has 0 unspecified atom stereocenters. The predicted octanol–water partition coefficient (Wildman–Crippen LogP) is 2.52. The summed E-state index contributed by atoms with van der Waals surface area (Å²) in [4.78, 5) is 4.52. The van der Waals surface area contributed by atoms with Crippen LogP contribution in [0.3, 0.4) is 0 Å². The molecule has 0 bridgehead atoms. The fourth-order valence-electron chi connectivity index (χ4n) is 2.72. The zero-order valence-electron chi connectivity index (χ0n) is 14.0. The number of hydrogen-bond acceptors (Lipinski definition) is 7. The third-order valence-electron chi connectivity index (χ3n) is 4.15. The molecule has 1 saturated heterocycles. The molecule has 3 aromatic rings. The molecule has 3 heterocycles. The Bertz CT molecular complexity index is 974. The van der Waals surface area contributed by atoms with E-state index in [1.165, 1.54) is 10.6 Å². The van der Waals surface area contributed by atoms with E-state index in [2.05, 4.69) is 10.1 Å². The number of hydrogen-bond donors (Lipinski definition) is 0. The van der Waals surface area contributed by atoms with Gasteiger partial charge < -0.3 is 13.7 Å². The van der Waals surface area contributed by atoms with Crippen LogP contribution in [0.15, 0.2) is 56.5 Å². The van der Waals surface area contributed by atoms with Crippen LogP contribution in [0.4, 0.5) is 0 Å². The number of rotatable bonds is 6. The first kappa shape index (κ1) is 16.8. The lowest BCUT2D eigenvalue weighted by Gasteiger charge is -2.35. The topological polar surface area (TPSA) is 98.7 Å². The predicted molar refractivity (Wildman–Crippen MR) is 91.1 cm³/mol. The summed E-state index contributed by atoms with van der Waals surface area (Å²) in [5.74, 6) is 1.80. The van der Waals surface area contributed by atoms with Crippen molar-refractivity contribution in [2.75, 3.05) is 19.7 Å². The van der Waals surface area contributed by atoms with Crippen molar-refractivity contribution in [2.45, 2.75) is 17.7 Å². The third-order valence-corrected chi connectivity index (χ3v) is 6.00. The quantitative estimate of drug-likeness (QED) is 0.653. The molecule has 0 spiro atoms. The van der Waals surface area contributed by atoms with Crippen LogP contribution in [0.25, 0.3) is 11.6 Å². The Hall–Kier alpha value is -2.65. The summed E-state index contributed by atoms with van der Waals surface area (Å²) in [5, 5.41) is 3.87. The third kappa shape index (κ3) is 2.99. The van der Waals surface area contributed by atoms with Crippen molar-refractivity contribution in [3.8, 4) is 17.3 Å². The molecule has 9 heteroatoms. The molecule has 1 fully saturated rings. The van der Waals surface area contributed by atoms with Crippen molar-refractivity contribution in [1.29, 1.82) is 0 Å². The van der Waals surface area contributed by atoms with Gasteiger partial charge in [0.15, 0.2) is 5.76 Å². The number of aromatic nitrogens is 2. The lowest BCUT2D eigenvalue weighted by Crippen LogP contribution is -2.48. The van der Waals surface area contributed by atoms with Gasteiger partial charge in [-0.15, -0.1) is 0 Å². The van der Waals surface area contributed by atoms with E-state index in [1.807, 2.05) is 6.92 Å². The molecule has 0 aliphatic carbocycles. The van der Waals surface area contributed by atoms with E-state index in [0.717, 1.165) is 0 Å². The molecule has 0 saturated carbocycles. The molecule has 4 rings (SSSR count). The minimum atomic E-state index is -3.54. The van der Waals surface area contributed by atoms with Gasteiger partial charge in [-0.25, -0.2) is 8.42 Å². The summed E-state index contributed by atoms with van der Waals surface area (Å²) in [6.45, 7) is 3.01. The molecular formula is C17H17N3O5S. The lowest BCUT2D eigenvalue weighted by molar-refractivity contribution is 0.217. The average molecular weight is 375 g/mol. The van der Waals surface area contributed by atoms with Gasteiger partial charge in [-0.05, 0) is 43.3 Å². The molecule has 0 amide bonds. The second-order valence-electron chi connectivity index (χ2n) is 5.86. The largest absolute Gasteiger partial charge is 0.494 e. The monoisotopic (exact) mass is 375 g/mol. The number of ether oxygens (including phenoxy) is 1. The minimum absolute atomic E-state index is 0.122. The fourth-order valence-corrected chi connectivity index (χ4v) is 4.25. The van der Waals surface area contributed by atoms with Gasteiger partial charge in [0, 0.05) is 13.1 Å². The van der Waals surface area contributed by atoms with Crippen molar-refractivity contribution >= 4 is 10.0 Å². The van der Waals surface area contributed by atoms with Gasteiger partial charge >= 0.3 is 0 Å². The Balaban J connectivity index is 1.43. The van der Waals surface area contributed by atoms with Crippen LogP contribution in [0.5, 0.6) is 5.75 Å². The maximum absolute atomic E-state index is 12.7. The summed E-state index contributed by atoms with van der Waals surface area (Å²) in [6.07, 6.45) is 1.53. The van der Waals surface area contributed by atoms with Gasteiger partial charge in [0.05, 0.1) is 23.7 Å². The van der Waals surface area contributed by atoms with Crippen LogP contribution < -0.4 is 4.74 Å². The number of benzene rings is 1. The second-order valence-corrected chi connectivity index (χ2v) is 7.79. The molecule has 136 valence electrons. The highest BCUT2D eigenvalue weighted by molar-refractivity contribution is 7.89. The number of furan rings is 1. The van der Waals surface area contributed by atoms with Crippen LogP contribution in [0.1, 0.15) is 18.7 Å². The Kier molecular flexibility index (Phi) is 4.25. The molecule has 2 aromatic heterocycles. The van der Waals surface area contributed by atoms with Crippen molar-refractivity contribution < 1.29 is 22.1 Å². The fraction of sp³-hybridized carbons (Fsp3) is 0.294. The SMILES string of the molecule is CCOc1ccc(S(=O)(=O)N2CC(c3nc(-c4ccco4)no3)C2)cc1. The van der Waals surface area contributed by atoms with Gasteiger partial charge in [-0.2, -0.15) is 9.29 Å². The molecule has 0 N–H and O–H groups in total. The molecule has 8 nitrogen and oxygen atoms in total. The molecule has 1 aromatic carbocycles. The van der Waals surface area contributed by atoms with E-state index in [9.17, 15) is 8.42 Å². The molecule has 0 atom stereocenters. The summed E-state index contributed by atoms with van der Waals surface area (Å²) < 4.78 is 42.5. The summed E-state index contributed by atoms with van der Waals surface area (Å²) in [6, 6.07) is 9.88. The number of nitrogens with zero attached hydrogens (tertiary/aromatic N) is 3. The first-order chi connectivity index (χ1) is 12.6. The standard InChI is InChI=1S/C17H17N3O5S/c1-2-23-13-5-7-14(8-6-13)26(21,22)20-10-12(11-20)17-18-16(19-25-17)15-4-3-9-24-15/h3-9,12H,2,10-11H2,1H3. The van der Waals surface area contributed by atoms with Gasteiger partial charge in [0.2, 0.25) is 21.7 Å². The maximum Gasteiger partial charge on any atom is 0.243 e. The van der Waals surface area contributed by atoms with Crippen LogP contribution in [-0.2, 0) is 10.0 Å². The zero-order valence-corrected chi connectivity index (χ0v) is 14.8. The molecule has 1 aliphatic heterocycles. The smallest absolute Gasteiger partial charge is 0.243 e. The highest BCUT2D eigenvalue weighted by Crippen LogP contribution is 2.32. The first-order valence-corrected chi connectivity index (χ1v) is 9.62. The Morgan fingerprint density at radius 1 is 1.23 bits per heavy atom. The molecular weight excluding hydrogens is 358 g/mol. The Labute approximate surface area is 150 Å². The van der Waals surface area contributed by atoms with Crippen molar-refractivity contribution in [3.63, 3.8) is 0 Å². The minimum Gasteiger partial charge on any atom is -0.494 e. The normalized spacial score (nSPS) is 15.7. The Morgan fingerprint density at radius 2 is 2.00 bits per heavy atom. The molecule has 26 heavy (non-hydrogen) atoms. The number of sulfonamides is 1. The first-order valence-electron chi connectivity index (χ1n) is 8.18. The van der Waals surface area contributed by atoms with E-state index in [0.29, 0.717) is 42.9 Å². The highest BCUT2D eigenvalue weighted by atomic mass is 32.2. The van der Waals surface area contributed by atoms with Gasteiger partial charge in [0.25, 0.3) is 0 Å². The van der Waals surface area contributed by atoms with Gasteiger partial charge in [-0.3, -0.25) is 0 Å². The second kappa shape index (κ2) is 6.58. The molecule has 1 aliphatic rings. The van der Waals surface area contributed by atoms with E-state index in [-0.39, 0.29) is 10.8 Å². The van der Waals surface area contributed by atoms with Crippen molar-refractivity contribution in [3.05, 3.63) is 48.6 Å². The van der Waals surface area contributed by atoms with E-state index in [4.69, 9.17) is 13.7 Å². The van der Waals surface area contributed by atoms with Gasteiger partial charge in [-0.1, -0.05) is 5.16 Å². The maximum atomic E-state index is 12.7. The Morgan fingerprint density at radius 3 is 2.65 bits per heavy atom. The molecule has 0 radical (unpaired) electrons. The average Bonchev–Trinajstić information content (AvgIpc) is 3.25. The zero-order chi connectivity index (χ0) is 18.1. The van der Waals surface area contributed by atoms with Crippen molar-refractivity contribution in [2.24, 2.45) is 0 Å². The van der Waals surface area contributed by atoms with E-state index >= 15 is 0 Å². The van der Waals surface area contributed by atoms with Crippen LogP contribution in [0, 0.1) is 0 Å². The summed E-state index contributed by atoms with van der Waals surface area (Å²) in [5.41, 5.74) is 0. The summed E-state index contributed by atoms with van der Waals surface area (Å²) >= 11 is 0. The van der Waals surface area contributed by atoms with Gasteiger partial charge in [0.1, 0.15) is 5.75 Å². The lowest BCUT2D eigenvalue weighted by atomic mass is 10.0. The van der Waals surface area contributed by atoms with Crippen LogP contribution in [-0.4, -0.2) is 42.6 Å². The van der Waals surface area contributed by atoms with Crippen LogP contribution in [0.2, 0.25) is 0 Å². The van der Waals surface area contributed by atoms with E-state index in [1.54, 1.807) is 36.4 Å². The summed E-state index contributed by atoms with van der Waals surface area (Å²) in [7, 11) is -3.54. The highest BCUT2D eigenvalue weighted by Gasteiger charge is 2.40.